The lowest BCUT2D eigenvalue weighted by Crippen LogP contribution is -2.15. The highest BCUT2D eigenvalue weighted by atomic mass is 16.2. The van der Waals surface area contributed by atoms with Crippen LogP contribution in [0, 0.1) is 0 Å². The van der Waals surface area contributed by atoms with Gasteiger partial charge in [-0.2, -0.15) is 0 Å². The fourth-order valence-corrected chi connectivity index (χ4v) is 1.63. The maximum atomic E-state index is 8.75. The zero-order chi connectivity index (χ0) is 9.52. The Morgan fingerprint density at radius 1 is 1.54 bits per heavy atom. The molecule has 0 aromatic carbocycles. The van der Waals surface area contributed by atoms with Gasteiger partial charge in [0.2, 0.25) is 0 Å². The van der Waals surface area contributed by atoms with Crippen LogP contribution < -0.4 is 5.32 Å². The van der Waals surface area contributed by atoms with E-state index in [1.165, 1.54) is 11.3 Å². The Bertz CT molecular complexity index is 206. The van der Waals surface area contributed by atoms with Gasteiger partial charge in [0.25, 0.3) is 0 Å². The SMILES string of the molecule is CCNC1=C(CCCO)C=CCC1. The summed E-state index contributed by atoms with van der Waals surface area (Å²) in [7, 11) is 0. The first kappa shape index (κ1) is 10.3. The summed E-state index contributed by atoms with van der Waals surface area (Å²) in [5.41, 5.74) is 2.75. The predicted octanol–water partition coefficient (Wildman–Crippen LogP) is 1.97. The maximum Gasteiger partial charge on any atom is 0.0434 e. The lowest BCUT2D eigenvalue weighted by molar-refractivity contribution is 0.288. The standard InChI is InChI=1S/C11H19NO/c1-2-12-11-8-4-3-6-10(11)7-5-9-13/h3,6,12-13H,2,4-5,7-9H2,1H3. The van der Waals surface area contributed by atoms with Crippen LogP contribution in [0.4, 0.5) is 0 Å². The van der Waals surface area contributed by atoms with Crippen LogP contribution in [0.25, 0.3) is 0 Å². The quantitative estimate of drug-likeness (QED) is 0.679. The zero-order valence-electron chi connectivity index (χ0n) is 8.34. The molecule has 0 saturated heterocycles. The van der Waals surface area contributed by atoms with Crippen molar-refractivity contribution in [2.24, 2.45) is 0 Å². The summed E-state index contributed by atoms with van der Waals surface area (Å²) in [4.78, 5) is 0. The first-order valence-corrected chi connectivity index (χ1v) is 5.11. The normalized spacial score (nSPS) is 16.5. The monoisotopic (exact) mass is 181 g/mol. The van der Waals surface area contributed by atoms with E-state index >= 15 is 0 Å². The molecule has 2 N–H and O–H groups in total. The predicted molar refractivity (Wildman–Crippen MR) is 55.4 cm³/mol. The Hall–Kier alpha value is -0.760. The fourth-order valence-electron chi connectivity index (χ4n) is 1.63. The third-order valence-corrected chi connectivity index (χ3v) is 2.26. The lowest BCUT2D eigenvalue weighted by atomic mass is 9.99. The van der Waals surface area contributed by atoms with E-state index in [1.54, 1.807) is 0 Å². The third kappa shape index (κ3) is 3.23. The van der Waals surface area contributed by atoms with Gasteiger partial charge in [0, 0.05) is 18.8 Å². The van der Waals surface area contributed by atoms with Gasteiger partial charge >= 0.3 is 0 Å². The number of aliphatic hydroxyl groups excluding tert-OH is 1. The van der Waals surface area contributed by atoms with Crippen molar-refractivity contribution in [2.75, 3.05) is 13.2 Å². The molecule has 2 heteroatoms. The summed E-state index contributed by atoms with van der Waals surface area (Å²) in [5, 5.41) is 12.1. The molecule has 1 aliphatic rings. The van der Waals surface area contributed by atoms with E-state index in [1.807, 2.05) is 0 Å². The van der Waals surface area contributed by atoms with Gasteiger partial charge in [-0.15, -0.1) is 0 Å². The highest BCUT2D eigenvalue weighted by molar-refractivity contribution is 5.28. The average molecular weight is 181 g/mol. The van der Waals surface area contributed by atoms with E-state index in [0.717, 1.165) is 32.2 Å². The molecule has 0 unspecified atom stereocenters. The minimum Gasteiger partial charge on any atom is -0.396 e. The molecular weight excluding hydrogens is 162 g/mol. The summed E-state index contributed by atoms with van der Waals surface area (Å²) in [6.45, 7) is 3.40. The minimum atomic E-state index is 0.288. The molecule has 0 amide bonds. The van der Waals surface area contributed by atoms with Crippen LogP contribution in [0.2, 0.25) is 0 Å². The molecule has 0 spiro atoms. The van der Waals surface area contributed by atoms with Crippen molar-refractivity contribution in [3.05, 3.63) is 23.4 Å². The number of hydrogen-bond donors (Lipinski definition) is 2. The van der Waals surface area contributed by atoms with Gasteiger partial charge in [0.05, 0.1) is 0 Å². The van der Waals surface area contributed by atoms with Crippen molar-refractivity contribution < 1.29 is 5.11 Å². The van der Waals surface area contributed by atoms with Crippen LogP contribution in [-0.2, 0) is 0 Å². The molecule has 1 aliphatic carbocycles. The van der Waals surface area contributed by atoms with E-state index in [2.05, 4.69) is 24.4 Å². The zero-order valence-corrected chi connectivity index (χ0v) is 8.34. The molecule has 2 nitrogen and oxygen atoms in total. The Kier molecular flexibility index (Phi) is 4.61. The summed E-state index contributed by atoms with van der Waals surface area (Å²) in [6.07, 6.45) is 8.55. The van der Waals surface area contributed by atoms with Crippen molar-refractivity contribution in [1.82, 2.24) is 5.32 Å². The van der Waals surface area contributed by atoms with Crippen LogP contribution in [0.3, 0.4) is 0 Å². The van der Waals surface area contributed by atoms with Gasteiger partial charge in [0.15, 0.2) is 0 Å². The van der Waals surface area contributed by atoms with Gasteiger partial charge in [-0.05, 0) is 38.2 Å². The van der Waals surface area contributed by atoms with E-state index in [-0.39, 0.29) is 6.61 Å². The number of allylic oxidation sites excluding steroid dienone is 4. The Balaban J connectivity index is 2.55. The molecule has 0 aromatic heterocycles. The van der Waals surface area contributed by atoms with Gasteiger partial charge < -0.3 is 10.4 Å². The number of rotatable bonds is 5. The van der Waals surface area contributed by atoms with Crippen LogP contribution in [0.15, 0.2) is 23.4 Å². The number of hydrogen-bond acceptors (Lipinski definition) is 2. The summed E-state index contributed by atoms with van der Waals surface area (Å²) < 4.78 is 0. The van der Waals surface area contributed by atoms with Crippen LogP contribution in [-0.4, -0.2) is 18.3 Å². The second kappa shape index (κ2) is 5.81. The molecule has 0 atom stereocenters. The van der Waals surface area contributed by atoms with Crippen molar-refractivity contribution in [1.29, 1.82) is 0 Å². The fraction of sp³-hybridized carbons (Fsp3) is 0.636. The second-order valence-electron chi connectivity index (χ2n) is 3.30. The van der Waals surface area contributed by atoms with Gasteiger partial charge in [-0.1, -0.05) is 12.2 Å². The first-order chi connectivity index (χ1) is 6.38. The highest BCUT2D eigenvalue weighted by Crippen LogP contribution is 2.20. The molecule has 0 aromatic rings. The molecule has 0 bridgehead atoms. The van der Waals surface area contributed by atoms with Gasteiger partial charge in [-0.25, -0.2) is 0 Å². The summed E-state index contributed by atoms with van der Waals surface area (Å²) >= 11 is 0. The lowest BCUT2D eigenvalue weighted by Gasteiger charge is -2.16. The maximum absolute atomic E-state index is 8.75. The Morgan fingerprint density at radius 3 is 3.08 bits per heavy atom. The average Bonchev–Trinajstić information content (AvgIpc) is 2.17. The first-order valence-electron chi connectivity index (χ1n) is 5.11. The third-order valence-electron chi connectivity index (χ3n) is 2.26. The molecule has 0 heterocycles. The molecule has 74 valence electrons. The molecule has 1 rings (SSSR count). The van der Waals surface area contributed by atoms with Crippen molar-refractivity contribution in [3.63, 3.8) is 0 Å². The van der Waals surface area contributed by atoms with Crippen LogP contribution >= 0.6 is 0 Å². The Labute approximate surface area is 80.3 Å². The van der Waals surface area contributed by atoms with Gasteiger partial charge in [-0.3, -0.25) is 0 Å². The van der Waals surface area contributed by atoms with E-state index < -0.39 is 0 Å². The molecule has 0 radical (unpaired) electrons. The van der Waals surface area contributed by atoms with E-state index in [4.69, 9.17) is 5.11 Å². The molecule has 13 heavy (non-hydrogen) atoms. The summed E-state index contributed by atoms with van der Waals surface area (Å²) in [5.74, 6) is 0. The molecule has 0 fully saturated rings. The number of nitrogens with one attached hydrogen (secondary N) is 1. The summed E-state index contributed by atoms with van der Waals surface area (Å²) in [6, 6.07) is 0. The van der Waals surface area contributed by atoms with Crippen molar-refractivity contribution in [3.8, 4) is 0 Å². The Morgan fingerprint density at radius 2 is 2.38 bits per heavy atom. The highest BCUT2D eigenvalue weighted by Gasteiger charge is 2.06. The van der Waals surface area contributed by atoms with Crippen molar-refractivity contribution in [2.45, 2.75) is 32.6 Å². The van der Waals surface area contributed by atoms with Crippen LogP contribution in [0.5, 0.6) is 0 Å². The molecule has 0 aliphatic heterocycles. The van der Waals surface area contributed by atoms with Crippen LogP contribution in [0.1, 0.15) is 32.6 Å². The number of aliphatic hydroxyl groups is 1. The molecule has 0 saturated carbocycles. The van der Waals surface area contributed by atoms with Crippen molar-refractivity contribution >= 4 is 0 Å². The molecular formula is C11H19NO. The van der Waals surface area contributed by atoms with E-state index in [0.29, 0.717) is 0 Å². The minimum absolute atomic E-state index is 0.288. The smallest absolute Gasteiger partial charge is 0.0434 e. The van der Waals surface area contributed by atoms with Gasteiger partial charge in [0.1, 0.15) is 0 Å². The van der Waals surface area contributed by atoms with E-state index in [9.17, 15) is 0 Å². The largest absolute Gasteiger partial charge is 0.396 e. The second-order valence-corrected chi connectivity index (χ2v) is 3.30. The topological polar surface area (TPSA) is 32.3 Å².